The van der Waals surface area contributed by atoms with Gasteiger partial charge in [-0.1, -0.05) is 6.08 Å². The molecule has 7 heteroatoms. The summed E-state index contributed by atoms with van der Waals surface area (Å²) in [6.45, 7) is 6.34. The molecule has 0 saturated heterocycles. The number of allylic oxidation sites excluding steroid dienone is 1. The molecular weight excluding hydrogens is 364 g/mol. The predicted octanol–water partition coefficient (Wildman–Crippen LogP) is 3.57. The number of aliphatic hydroxyl groups excluding tert-OH is 1. The number of hydrogen-bond donors (Lipinski definition) is 1. The second-order valence-electron chi connectivity index (χ2n) is 7.01. The van der Waals surface area contributed by atoms with E-state index in [0.29, 0.717) is 16.5 Å². The number of carbonyl (C=O) groups is 1. The Morgan fingerprint density at radius 3 is 2.68 bits per heavy atom. The zero-order chi connectivity index (χ0) is 20.5. The first-order chi connectivity index (χ1) is 13.2. The van der Waals surface area contributed by atoms with E-state index in [0.717, 1.165) is 5.39 Å². The molecule has 0 unspecified atom stereocenters. The van der Waals surface area contributed by atoms with Gasteiger partial charge in [-0.3, -0.25) is 0 Å². The maximum Gasteiger partial charge on any atom is 0.336 e. The SMILES string of the molecule is CC=C(C)C(=O)OC(C)(C)[C@H](O)COc1c2occc2cc2ccc(=O)oc12. The molecule has 3 aromatic rings. The molecule has 7 nitrogen and oxygen atoms in total. The van der Waals surface area contributed by atoms with Gasteiger partial charge < -0.3 is 23.4 Å². The minimum Gasteiger partial charge on any atom is -0.483 e. The summed E-state index contributed by atoms with van der Waals surface area (Å²) in [5, 5.41) is 12.0. The van der Waals surface area contributed by atoms with Gasteiger partial charge >= 0.3 is 11.6 Å². The summed E-state index contributed by atoms with van der Waals surface area (Å²) >= 11 is 0. The van der Waals surface area contributed by atoms with Crippen molar-refractivity contribution in [3.63, 3.8) is 0 Å². The Morgan fingerprint density at radius 1 is 1.25 bits per heavy atom. The number of aliphatic hydroxyl groups is 1. The summed E-state index contributed by atoms with van der Waals surface area (Å²) in [7, 11) is 0. The summed E-state index contributed by atoms with van der Waals surface area (Å²) in [5.41, 5.74) is -0.667. The van der Waals surface area contributed by atoms with Crippen LogP contribution in [0.5, 0.6) is 5.75 Å². The number of benzene rings is 1. The van der Waals surface area contributed by atoms with Crippen molar-refractivity contribution < 1.29 is 28.2 Å². The van der Waals surface area contributed by atoms with Crippen molar-refractivity contribution in [1.82, 2.24) is 0 Å². The minimum absolute atomic E-state index is 0.206. The van der Waals surface area contributed by atoms with Gasteiger partial charge in [-0.15, -0.1) is 0 Å². The van der Waals surface area contributed by atoms with Crippen molar-refractivity contribution in [2.45, 2.75) is 39.4 Å². The molecule has 0 radical (unpaired) electrons. The number of hydrogen-bond acceptors (Lipinski definition) is 7. The van der Waals surface area contributed by atoms with E-state index in [-0.39, 0.29) is 17.9 Å². The fraction of sp³-hybridized carbons (Fsp3) is 0.333. The van der Waals surface area contributed by atoms with E-state index in [4.69, 9.17) is 18.3 Å². The molecular formula is C21H22O7. The third kappa shape index (κ3) is 3.80. The van der Waals surface area contributed by atoms with Gasteiger partial charge in [-0.2, -0.15) is 0 Å². The second kappa shape index (κ2) is 7.52. The monoisotopic (exact) mass is 386 g/mol. The number of fused-ring (bicyclic) bond motifs is 2. The average molecular weight is 386 g/mol. The third-order valence-corrected chi connectivity index (χ3v) is 4.58. The highest BCUT2D eigenvalue weighted by molar-refractivity contribution is 5.99. The van der Waals surface area contributed by atoms with Gasteiger partial charge in [0, 0.05) is 22.4 Å². The number of furan rings is 1. The quantitative estimate of drug-likeness (QED) is 0.393. The van der Waals surface area contributed by atoms with E-state index in [9.17, 15) is 14.7 Å². The second-order valence-corrected chi connectivity index (χ2v) is 7.01. The summed E-state index contributed by atoms with van der Waals surface area (Å²) in [4.78, 5) is 23.7. The maximum atomic E-state index is 12.0. The molecule has 1 atom stereocenters. The first kappa shape index (κ1) is 19.7. The first-order valence-electron chi connectivity index (χ1n) is 8.84. The molecule has 1 aromatic carbocycles. The zero-order valence-corrected chi connectivity index (χ0v) is 16.1. The highest BCUT2D eigenvalue weighted by atomic mass is 16.6. The molecule has 148 valence electrons. The van der Waals surface area contributed by atoms with Gasteiger partial charge in [0.1, 0.15) is 18.3 Å². The van der Waals surface area contributed by atoms with Crippen molar-refractivity contribution in [3.05, 3.63) is 52.6 Å². The highest BCUT2D eigenvalue weighted by Gasteiger charge is 2.33. The standard InChI is InChI=1S/C21H22O7/c1-5-12(2)20(24)28-21(3,4)15(22)11-26-19-17-14(8-9-25-17)10-13-6-7-16(23)27-18(13)19/h5-10,15,22H,11H2,1-4H3/t15-/m1/s1. The molecule has 0 aliphatic heterocycles. The molecule has 0 spiro atoms. The molecule has 1 N–H and O–H groups in total. The van der Waals surface area contributed by atoms with Crippen LogP contribution in [0.25, 0.3) is 21.9 Å². The predicted molar refractivity (Wildman–Crippen MR) is 103 cm³/mol. The van der Waals surface area contributed by atoms with Crippen LogP contribution in [0, 0.1) is 0 Å². The fourth-order valence-corrected chi connectivity index (χ4v) is 2.61. The van der Waals surface area contributed by atoms with Crippen LogP contribution < -0.4 is 10.4 Å². The molecule has 0 saturated carbocycles. The van der Waals surface area contributed by atoms with Crippen LogP contribution in [0.3, 0.4) is 0 Å². The van der Waals surface area contributed by atoms with Crippen LogP contribution in [0.1, 0.15) is 27.7 Å². The van der Waals surface area contributed by atoms with E-state index in [2.05, 4.69) is 0 Å². The third-order valence-electron chi connectivity index (χ3n) is 4.58. The van der Waals surface area contributed by atoms with E-state index < -0.39 is 23.3 Å². The van der Waals surface area contributed by atoms with Crippen LogP contribution in [0.2, 0.25) is 0 Å². The molecule has 0 amide bonds. The highest BCUT2D eigenvalue weighted by Crippen LogP contribution is 2.35. The van der Waals surface area contributed by atoms with Gasteiger partial charge in [-0.25, -0.2) is 9.59 Å². The van der Waals surface area contributed by atoms with Gasteiger partial charge in [-0.05, 0) is 45.9 Å². The van der Waals surface area contributed by atoms with Crippen molar-refractivity contribution in [1.29, 1.82) is 0 Å². The average Bonchev–Trinajstić information content (AvgIpc) is 3.12. The molecule has 28 heavy (non-hydrogen) atoms. The summed E-state index contributed by atoms with van der Waals surface area (Å²) in [6.07, 6.45) is 1.99. The van der Waals surface area contributed by atoms with E-state index >= 15 is 0 Å². The van der Waals surface area contributed by atoms with Crippen LogP contribution in [-0.2, 0) is 9.53 Å². The van der Waals surface area contributed by atoms with E-state index in [1.165, 1.54) is 12.3 Å². The fourth-order valence-electron chi connectivity index (χ4n) is 2.61. The van der Waals surface area contributed by atoms with Gasteiger partial charge in [0.2, 0.25) is 5.75 Å². The summed E-state index contributed by atoms with van der Waals surface area (Å²) < 4.78 is 21.9. The maximum absolute atomic E-state index is 12.0. The topological polar surface area (TPSA) is 99.1 Å². The largest absolute Gasteiger partial charge is 0.483 e. The van der Waals surface area contributed by atoms with Gasteiger partial charge in [0.15, 0.2) is 11.2 Å². The minimum atomic E-state index is -1.20. The lowest BCUT2D eigenvalue weighted by atomic mass is 10.0. The van der Waals surface area contributed by atoms with Gasteiger partial charge in [0.05, 0.1) is 6.26 Å². The number of rotatable bonds is 6. The Kier molecular flexibility index (Phi) is 5.29. The molecule has 3 rings (SSSR count). The Bertz CT molecular complexity index is 1100. The summed E-state index contributed by atoms with van der Waals surface area (Å²) in [5.74, 6) is -0.308. The Balaban J connectivity index is 1.88. The molecule has 0 bridgehead atoms. The van der Waals surface area contributed by atoms with E-state index in [1.807, 2.05) is 6.07 Å². The zero-order valence-electron chi connectivity index (χ0n) is 16.1. The molecule has 0 aliphatic carbocycles. The Labute approximate surface area is 161 Å². The van der Waals surface area contributed by atoms with Crippen LogP contribution in [0.15, 0.2) is 55.8 Å². The molecule has 0 aliphatic rings. The first-order valence-corrected chi connectivity index (χ1v) is 8.84. The van der Waals surface area contributed by atoms with Gasteiger partial charge in [0.25, 0.3) is 0 Å². The lowest BCUT2D eigenvalue weighted by Gasteiger charge is -2.30. The van der Waals surface area contributed by atoms with Crippen molar-refractivity contribution in [2.24, 2.45) is 0 Å². The molecule has 0 fully saturated rings. The van der Waals surface area contributed by atoms with Crippen LogP contribution in [-0.4, -0.2) is 29.4 Å². The normalized spacial score (nSPS) is 13.7. The van der Waals surface area contributed by atoms with Crippen molar-refractivity contribution in [2.75, 3.05) is 6.61 Å². The van der Waals surface area contributed by atoms with Crippen molar-refractivity contribution >= 4 is 27.9 Å². The van der Waals surface area contributed by atoms with Crippen molar-refractivity contribution in [3.8, 4) is 5.75 Å². The lowest BCUT2D eigenvalue weighted by Crippen LogP contribution is -2.44. The van der Waals surface area contributed by atoms with E-state index in [1.54, 1.807) is 45.9 Å². The lowest BCUT2D eigenvalue weighted by molar-refractivity contribution is -0.164. The smallest absolute Gasteiger partial charge is 0.336 e. The summed E-state index contributed by atoms with van der Waals surface area (Å²) in [6, 6.07) is 6.52. The number of esters is 1. The number of ether oxygens (including phenoxy) is 2. The Morgan fingerprint density at radius 2 is 1.96 bits per heavy atom. The molecule has 2 aromatic heterocycles. The van der Waals surface area contributed by atoms with Crippen LogP contribution >= 0.6 is 0 Å². The Hall–Kier alpha value is -3.06. The van der Waals surface area contributed by atoms with Crippen LogP contribution in [0.4, 0.5) is 0 Å². The number of carbonyl (C=O) groups excluding carboxylic acids is 1. The molecule has 2 heterocycles.